The van der Waals surface area contributed by atoms with Crippen LogP contribution in [0.1, 0.15) is 24.0 Å². The fourth-order valence-corrected chi connectivity index (χ4v) is 2.63. The number of halogens is 1. The van der Waals surface area contributed by atoms with Gasteiger partial charge in [0.25, 0.3) is 0 Å². The van der Waals surface area contributed by atoms with Crippen molar-refractivity contribution in [1.82, 2.24) is 5.32 Å². The molecular formula is C18H16FN3O. The van der Waals surface area contributed by atoms with Crippen LogP contribution in [0.5, 0.6) is 0 Å². The Morgan fingerprint density at radius 1 is 1.17 bits per heavy atom. The number of nitriles is 1. The van der Waals surface area contributed by atoms with Crippen LogP contribution in [0.15, 0.2) is 48.5 Å². The van der Waals surface area contributed by atoms with E-state index in [0.29, 0.717) is 17.8 Å². The highest BCUT2D eigenvalue weighted by Gasteiger charge is 2.44. The summed E-state index contributed by atoms with van der Waals surface area (Å²) in [5, 5.41) is 14.6. The Hall–Kier alpha value is -2.87. The van der Waals surface area contributed by atoms with Crippen molar-refractivity contribution in [3.8, 4) is 6.07 Å². The molecular weight excluding hydrogens is 293 g/mol. The topological polar surface area (TPSA) is 64.9 Å². The molecule has 1 aliphatic rings. The van der Waals surface area contributed by atoms with E-state index in [1.165, 1.54) is 12.1 Å². The molecule has 0 spiro atoms. The van der Waals surface area contributed by atoms with E-state index in [2.05, 4.69) is 10.6 Å². The van der Waals surface area contributed by atoms with Gasteiger partial charge in [-0.2, -0.15) is 5.26 Å². The van der Waals surface area contributed by atoms with Crippen LogP contribution in [-0.2, 0) is 5.41 Å². The summed E-state index contributed by atoms with van der Waals surface area (Å²) in [5.41, 5.74) is 1.85. The van der Waals surface area contributed by atoms with Crippen LogP contribution in [0.2, 0.25) is 0 Å². The predicted molar refractivity (Wildman–Crippen MR) is 85.5 cm³/mol. The zero-order chi connectivity index (χ0) is 16.3. The molecule has 2 amide bonds. The van der Waals surface area contributed by atoms with E-state index < -0.39 is 0 Å². The monoisotopic (exact) mass is 309 g/mol. The molecule has 1 aliphatic carbocycles. The number of hydrogen-bond donors (Lipinski definition) is 2. The molecule has 4 nitrogen and oxygen atoms in total. The summed E-state index contributed by atoms with van der Waals surface area (Å²) < 4.78 is 13.0. The lowest BCUT2D eigenvalue weighted by Crippen LogP contribution is -2.35. The van der Waals surface area contributed by atoms with Crippen LogP contribution in [0.3, 0.4) is 0 Å². The van der Waals surface area contributed by atoms with Crippen molar-refractivity contribution in [3.63, 3.8) is 0 Å². The van der Waals surface area contributed by atoms with Gasteiger partial charge in [0.1, 0.15) is 11.9 Å². The van der Waals surface area contributed by atoms with Gasteiger partial charge in [0.2, 0.25) is 0 Å². The molecule has 0 bridgehead atoms. The van der Waals surface area contributed by atoms with E-state index in [0.717, 1.165) is 18.4 Å². The molecule has 0 radical (unpaired) electrons. The summed E-state index contributed by atoms with van der Waals surface area (Å²) >= 11 is 0. The third kappa shape index (κ3) is 3.32. The number of carbonyl (C=O) groups excluding carboxylic acids is 1. The van der Waals surface area contributed by atoms with Crippen molar-refractivity contribution >= 4 is 11.7 Å². The van der Waals surface area contributed by atoms with E-state index in [-0.39, 0.29) is 17.3 Å². The molecule has 2 aromatic carbocycles. The molecule has 116 valence electrons. The second-order valence-corrected chi connectivity index (χ2v) is 5.75. The van der Waals surface area contributed by atoms with E-state index in [9.17, 15) is 9.18 Å². The van der Waals surface area contributed by atoms with E-state index >= 15 is 0 Å². The van der Waals surface area contributed by atoms with Gasteiger partial charge in [-0.3, -0.25) is 0 Å². The molecule has 5 heteroatoms. The molecule has 23 heavy (non-hydrogen) atoms. The summed E-state index contributed by atoms with van der Waals surface area (Å²) in [4.78, 5) is 12.0. The number of anilines is 1. The normalized spacial score (nSPS) is 14.6. The first-order valence-corrected chi connectivity index (χ1v) is 7.43. The first-order valence-electron chi connectivity index (χ1n) is 7.43. The first kappa shape index (κ1) is 15.0. The van der Waals surface area contributed by atoms with Crippen LogP contribution in [0, 0.1) is 17.1 Å². The van der Waals surface area contributed by atoms with E-state index in [1.54, 1.807) is 36.4 Å². The maximum Gasteiger partial charge on any atom is 0.319 e. The first-order chi connectivity index (χ1) is 11.1. The number of amides is 2. The third-order valence-electron chi connectivity index (χ3n) is 4.19. The molecule has 3 rings (SSSR count). The number of urea groups is 1. The minimum atomic E-state index is -0.346. The summed E-state index contributed by atoms with van der Waals surface area (Å²) in [6, 6.07) is 15.0. The van der Waals surface area contributed by atoms with Gasteiger partial charge >= 0.3 is 6.03 Å². The molecule has 0 aliphatic heterocycles. The number of nitrogens with one attached hydrogen (secondary N) is 2. The Kier molecular flexibility index (Phi) is 3.98. The van der Waals surface area contributed by atoms with E-state index in [1.807, 2.05) is 6.07 Å². The number of rotatable bonds is 4. The van der Waals surface area contributed by atoms with Crippen LogP contribution in [0.25, 0.3) is 0 Å². The van der Waals surface area contributed by atoms with Gasteiger partial charge in [0.15, 0.2) is 0 Å². The number of hydrogen-bond acceptors (Lipinski definition) is 2. The number of para-hydroxylation sites is 1. The molecule has 0 heterocycles. The van der Waals surface area contributed by atoms with Crippen LogP contribution in [0.4, 0.5) is 14.9 Å². The van der Waals surface area contributed by atoms with Crippen LogP contribution < -0.4 is 10.6 Å². The van der Waals surface area contributed by atoms with Gasteiger partial charge in [0.05, 0.1) is 11.3 Å². The second-order valence-electron chi connectivity index (χ2n) is 5.75. The van der Waals surface area contributed by atoms with Gasteiger partial charge < -0.3 is 10.6 Å². The standard InChI is InChI=1S/C18H16FN3O/c19-15-7-5-14(6-8-15)18(9-10-18)12-21-17(23)22-16-4-2-1-3-13(16)11-20/h1-8H,9-10,12H2,(H2,21,22,23). The van der Waals surface area contributed by atoms with E-state index in [4.69, 9.17) is 5.26 Å². The number of nitrogens with zero attached hydrogens (tertiary/aromatic N) is 1. The maximum absolute atomic E-state index is 13.0. The SMILES string of the molecule is N#Cc1ccccc1NC(=O)NCC1(c2ccc(F)cc2)CC1. The molecule has 2 aromatic rings. The Bertz CT molecular complexity index is 761. The highest BCUT2D eigenvalue weighted by atomic mass is 19.1. The highest BCUT2D eigenvalue weighted by molar-refractivity contribution is 5.90. The average molecular weight is 309 g/mol. The summed E-state index contributed by atoms with van der Waals surface area (Å²) in [6.45, 7) is 0.485. The number of carbonyl (C=O) groups is 1. The van der Waals surface area contributed by atoms with Gasteiger partial charge in [-0.05, 0) is 42.7 Å². The summed E-state index contributed by atoms with van der Waals surface area (Å²) in [6.07, 6.45) is 1.93. The summed E-state index contributed by atoms with van der Waals surface area (Å²) in [5.74, 6) is -0.261. The Morgan fingerprint density at radius 2 is 1.87 bits per heavy atom. The summed E-state index contributed by atoms with van der Waals surface area (Å²) in [7, 11) is 0. The lowest BCUT2D eigenvalue weighted by Gasteiger charge is -2.17. The van der Waals surface area contributed by atoms with Gasteiger partial charge in [0, 0.05) is 12.0 Å². The van der Waals surface area contributed by atoms with Crippen molar-refractivity contribution < 1.29 is 9.18 Å². The van der Waals surface area contributed by atoms with Crippen molar-refractivity contribution in [2.75, 3.05) is 11.9 Å². The third-order valence-corrected chi connectivity index (χ3v) is 4.19. The fourth-order valence-electron chi connectivity index (χ4n) is 2.63. The highest BCUT2D eigenvalue weighted by Crippen LogP contribution is 2.47. The van der Waals surface area contributed by atoms with Crippen LogP contribution in [-0.4, -0.2) is 12.6 Å². The second kappa shape index (κ2) is 6.09. The molecule has 1 saturated carbocycles. The molecule has 0 atom stereocenters. The van der Waals surface area contributed by atoms with Gasteiger partial charge in [-0.15, -0.1) is 0 Å². The van der Waals surface area contributed by atoms with Gasteiger partial charge in [-0.25, -0.2) is 9.18 Å². The van der Waals surface area contributed by atoms with Crippen molar-refractivity contribution in [2.24, 2.45) is 0 Å². The Morgan fingerprint density at radius 3 is 2.52 bits per heavy atom. The number of benzene rings is 2. The molecule has 2 N–H and O–H groups in total. The fraction of sp³-hybridized carbons (Fsp3) is 0.222. The molecule has 0 aromatic heterocycles. The molecule has 0 saturated heterocycles. The van der Waals surface area contributed by atoms with Crippen LogP contribution >= 0.6 is 0 Å². The lowest BCUT2D eigenvalue weighted by molar-refractivity contribution is 0.251. The molecule has 0 unspecified atom stereocenters. The predicted octanol–water partition coefficient (Wildman–Crippen LogP) is 3.55. The van der Waals surface area contributed by atoms with Gasteiger partial charge in [-0.1, -0.05) is 24.3 Å². The zero-order valence-electron chi connectivity index (χ0n) is 12.5. The van der Waals surface area contributed by atoms with Crippen molar-refractivity contribution in [1.29, 1.82) is 5.26 Å². The maximum atomic E-state index is 13.0. The van der Waals surface area contributed by atoms with Crippen molar-refractivity contribution in [3.05, 3.63) is 65.5 Å². The largest absolute Gasteiger partial charge is 0.337 e. The van der Waals surface area contributed by atoms with Crippen molar-refractivity contribution in [2.45, 2.75) is 18.3 Å². The minimum Gasteiger partial charge on any atom is -0.337 e. The molecule has 1 fully saturated rings. The average Bonchev–Trinajstić information content (AvgIpc) is 3.35. The Labute approximate surface area is 133 Å². The smallest absolute Gasteiger partial charge is 0.319 e. The zero-order valence-corrected chi connectivity index (χ0v) is 12.5. The Balaban J connectivity index is 1.61. The lowest BCUT2D eigenvalue weighted by atomic mass is 9.96. The minimum absolute atomic E-state index is 0.0974. The quantitative estimate of drug-likeness (QED) is 0.907.